The summed E-state index contributed by atoms with van der Waals surface area (Å²) < 4.78 is 44.3. The van der Waals surface area contributed by atoms with Crippen molar-refractivity contribution in [1.29, 1.82) is 0 Å². The lowest BCUT2D eigenvalue weighted by atomic mass is 9.79. The van der Waals surface area contributed by atoms with Gasteiger partial charge in [0.05, 0.1) is 5.69 Å². The molecule has 48 heavy (non-hydrogen) atoms. The van der Waals surface area contributed by atoms with E-state index in [2.05, 4.69) is 25.8 Å². The van der Waals surface area contributed by atoms with Gasteiger partial charge in [-0.25, -0.2) is 4.39 Å². The zero-order chi connectivity index (χ0) is 34.6. The quantitative estimate of drug-likeness (QED) is 0.266. The number of aromatic amines is 1. The van der Waals surface area contributed by atoms with Gasteiger partial charge in [0.2, 0.25) is 23.3 Å². The predicted octanol–water partition coefficient (Wildman–Crippen LogP) is 2.96. The lowest BCUT2D eigenvalue weighted by Gasteiger charge is -2.34. The number of halogens is 3. The van der Waals surface area contributed by atoms with Crippen LogP contribution < -0.4 is 21.5 Å². The highest BCUT2D eigenvalue weighted by Gasteiger charge is 2.67. The zero-order valence-corrected chi connectivity index (χ0v) is 27.8. The van der Waals surface area contributed by atoms with Crippen molar-refractivity contribution in [2.24, 2.45) is 5.92 Å². The Hall–Kier alpha value is -3.85. The molecule has 3 aliphatic rings. The van der Waals surface area contributed by atoms with Crippen molar-refractivity contribution in [2.45, 2.75) is 74.0 Å². The third-order valence-electron chi connectivity index (χ3n) is 9.40. The molecule has 2 aromatic rings. The summed E-state index contributed by atoms with van der Waals surface area (Å²) in [4.78, 5) is 69.4. The second-order valence-electron chi connectivity index (χ2n) is 12.7. The van der Waals surface area contributed by atoms with Gasteiger partial charge in [0, 0.05) is 56.8 Å². The molecule has 1 aliphatic carbocycles. The van der Waals surface area contributed by atoms with Crippen LogP contribution in [0.5, 0.6) is 0 Å². The van der Waals surface area contributed by atoms with E-state index in [1.807, 2.05) is 7.05 Å². The van der Waals surface area contributed by atoms with E-state index in [0.29, 0.717) is 44.6 Å². The number of aromatic nitrogens is 1. The first-order valence-corrected chi connectivity index (χ1v) is 17.2. The van der Waals surface area contributed by atoms with Gasteiger partial charge in [-0.1, -0.05) is 32.3 Å². The zero-order valence-electron chi connectivity index (χ0n) is 27.0. The monoisotopic (exact) mass is 690 g/mol. The number of likely N-dealkylation sites (N-methyl/N-ethyl adjacent to an activating group) is 1. The number of hydrogen-bond donors (Lipinski definition) is 4. The van der Waals surface area contributed by atoms with Crippen LogP contribution in [0, 0.1) is 11.7 Å². The lowest BCUT2D eigenvalue weighted by Crippen LogP contribution is -2.54. The molecule has 260 valence electrons. The maximum absolute atomic E-state index is 15.5. The fourth-order valence-corrected chi connectivity index (χ4v) is 7.86. The fourth-order valence-electron chi connectivity index (χ4n) is 6.43. The molecule has 3 heterocycles. The molecule has 4 amide bonds. The van der Waals surface area contributed by atoms with Crippen molar-refractivity contribution in [3.63, 3.8) is 0 Å². The molecule has 1 aromatic carbocycles. The van der Waals surface area contributed by atoms with E-state index < -0.39 is 50.8 Å². The summed E-state index contributed by atoms with van der Waals surface area (Å²) in [6, 6.07) is 5.02. The number of anilines is 1. The Morgan fingerprint density at radius 2 is 1.77 bits per heavy atom. The number of alkyl halides is 2. The van der Waals surface area contributed by atoms with Gasteiger partial charge < -0.3 is 30.7 Å². The van der Waals surface area contributed by atoms with Gasteiger partial charge in [0.15, 0.2) is 0 Å². The second kappa shape index (κ2) is 14.7. The number of carbonyl (C=O) groups excluding carboxylic acids is 4. The highest BCUT2D eigenvalue weighted by molar-refractivity contribution is 8.09. The predicted molar refractivity (Wildman–Crippen MR) is 175 cm³/mol. The molecule has 5 rings (SSSR count). The number of piperazine rings is 1. The average molecular weight is 691 g/mol. The van der Waals surface area contributed by atoms with Crippen molar-refractivity contribution in [1.82, 2.24) is 25.4 Å². The summed E-state index contributed by atoms with van der Waals surface area (Å²) in [5.41, 5.74) is -0.980. The van der Waals surface area contributed by atoms with Crippen LogP contribution in [0.25, 0.3) is 0 Å². The van der Waals surface area contributed by atoms with E-state index in [9.17, 15) is 24.0 Å². The van der Waals surface area contributed by atoms with E-state index >= 15 is 13.2 Å². The van der Waals surface area contributed by atoms with Crippen LogP contribution in [-0.2, 0) is 31.5 Å². The molecular formula is C33H41F3N6O5S. The molecule has 2 aliphatic heterocycles. The lowest BCUT2D eigenvalue weighted by molar-refractivity contribution is -0.147. The Morgan fingerprint density at radius 3 is 2.40 bits per heavy atom. The number of pyridine rings is 1. The second-order valence-corrected chi connectivity index (χ2v) is 14.1. The molecule has 0 spiro atoms. The third kappa shape index (κ3) is 7.72. The van der Waals surface area contributed by atoms with Gasteiger partial charge in [-0.05, 0) is 49.6 Å². The molecule has 2 unspecified atom stereocenters. The first-order valence-electron chi connectivity index (χ1n) is 16.3. The highest BCUT2D eigenvalue weighted by Crippen LogP contribution is 2.61. The van der Waals surface area contributed by atoms with Crippen LogP contribution in [0.3, 0.4) is 0 Å². The van der Waals surface area contributed by atoms with E-state index in [1.165, 1.54) is 12.1 Å². The molecule has 0 bridgehead atoms. The number of amides is 4. The van der Waals surface area contributed by atoms with Crippen molar-refractivity contribution in [2.75, 3.05) is 38.5 Å². The van der Waals surface area contributed by atoms with Crippen LogP contribution in [0.2, 0.25) is 0 Å². The molecule has 3 atom stereocenters. The van der Waals surface area contributed by atoms with Crippen LogP contribution in [0.15, 0.2) is 41.3 Å². The number of thioether (sulfide) groups is 1. The molecular weight excluding hydrogens is 649 g/mol. The van der Waals surface area contributed by atoms with Gasteiger partial charge >= 0.3 is 5.92 Å². The number of hydrogen-bond acceptors (Lipinski definition) is 7. The number of nitrogens with zero attached hydrogens (tertiary/aromatic N) is 2. The van der Waals surface area contributed by atoms with Gasteiger partial charge in [-0.15, -0.1) is 11.8 Å². The van der Waals surface area contributed by atoms with Crippen LogP contribution in [0.4, 0.5) is 18.9 Å². The van der Waals surface area contributed by atoms with Gasteiger partial charge in [0.25, 0.3) is 5.91 Å². The smallest absolute Gasteiger partial charge is 0.344 e. The maximum Gasteiger partial charge on any atom is 0.351 e. The van der Waals surface area contributed by atoms with Crippen molar-refractivity contribution in [3.8, 4) is 0 Å². The molecule has 1 saturated carbocycles. The van der Waals surface area contributed by atoms with Crippen LogP contribution in [-0.4, -0.2) is 87.8 Å². The summed E-state index contributed by atoms with van der Waals surface area (Å²) in [5.74, 6) is -7.71. The number of benzene rings is 1. The molecule has 2 saturated heterocycles. The Labute approximate surface area is 280 Å². The average Bonchev–Trinajstić information content (AvgIpc) is 3.81. The number of carbonyl (C=O) groups is 4. The summed E-state index contributed by atoms with van der Waals surface area (Å²) in [5, 5.41) is 6.74. The molecule has 11 nitrogen and oxygen atoms in total. The summed E-state index contributed by atoms with van der Waals surface area (Å²) in [6.07, 6.45) is 4.93. The van der Waals surface area contributed by atoms with Crippen molar-refractivity contribution in [3.05, 3.63) is 63.8 Å². The molecule has 3 fully saturated rings. The fraction of sp³-hybridized carbons (Fsp3) is 0.545. The van der Waals surface area contributed by atoms with Crippen molar-refractivity contribution < 1.29 is 32.3 Å². The summed E-state index contributed by atoms with van der Waals surface area (Å²) >= 11 is 1.06. The normalized spacial score (nSPS) is 22.4. The maximum atomic E-state index is 15.5. The first-order chi connectivity index (χ1) is 22.8. The molecule has 1 aromatic heterocycles. The van der Waals surface area contributed by atoms with E-state index in [1.54, 1.807) is 17.9 Å². The molecule has 0 radical (unpaired) electrons. The number of H-pyrrole nitrogens is 1. The SMILES string of the molecule is CCC(=O)NC(Cc1ccc(NC(=O)[C@]2(C3CCCCC3)SC2NC(=O)C(F)(F)c2ccc(=O)[nH]c2)c(F)c1)C(=O)N1CCN(C)CC1. The Balaban J connectivity index is 1.30. The molecule has 4 N–H and O–H groups in total. The van der Waals surface area contributed by atoms with Gasteiger partial charge in [-0.3, -0.25) is 24.0 Å². The van der Waals surface area contributed by atoms with E-state index in [-0.39, 0.29) is 36.3 Å². The third-order valence-corrected chi connectivity index (χ3v) is 11.0. The van der Waals surface area contributed by atoms with E-state index in [0.717, 1.165) is 49.4 Å². The number of rotatable bonds is 11. The standard InChI is InChI=1S/C33H41F3N6O5S/c1-3-26(43)38-25(28(45)42-15-13-41(2)14-16-42)18-20-9-11-24(23(34)17-20)39-29(46)32(21-7-5-4-6-8-21)31(48-32)40-30(47)33(35,36)22-10-12-27(44)37-19-22/h9-12,17,19,21,25,31H,3-8,13-16,18H2,1-2H3,(H,37,44)(H,38,43)(H,39,46)(H,40,47)/t25?,31?,32-/m0/s1. The Bertz CT molecular complexity index is 1570. The molecule has 15 heteroatoms. The summed E-state index contributed by atoms with van der Waals surface area (Å²) in [7, 11) is 1.96. The topological polar surface area (TPSA) is 144 Å². The minimum absolute atomic E-state index is 0.0432. The minimum atomic E-state index is -3.97. The highest BCUT2D eigenvalue weighted by atomic mass is 32.2. The Morgan fingerprint density at radius 1 is 1.06 bits per heavy atom. The van der Waals surface area contributed by atoms with Gasteiger partial charge in [-0.2, -0.15) is 8.78 Å². The van der Waals surface area contributed by atoms with Crippen LogP contribution >= 0.6 is 11.8 Å². The van der Waals surface area contributed by atoms with Gasteiger partial charge in [0.1, 0.15) is 22.0 Å². The van der Waals surface area contributed by atoms with Crippen LogP contribution in [0.1, 0.15) is 56.6 Å². The van der Waals surface area contributed by atoms with Crippen molar-refractivity contribution >= 4 is 41.1 Å². The Kier molecular flexibility index (Phi) is 10.9. The first kappa shape index (κ1) is 35.5. The largest absolute Gasteiger partial charge is 0.351 e. The summed E-state index contributed by atoms with van der Waals surface area (Å²) in [6.45, 7) is 4.11. The number of nitrogens with one attached hydrogen (secondary N) is 4. The van der Waals surface area contributed by atoms with E-state index in [4.69, 9.17) is 0 Å². The minimum Gasteiger partial charge on any atom is -0.344 e.